The number of guanidine groups is 1. The first-order valence-corrected chi connectivity index (χ1v) is 10.7. The molecule has 1 amide bonds. The Labute approximate surface area is 206 Å². The predicted molar refractivity (Wildman–Crippen MR) is 140 cm³/mol. The molecule has 0 saturated heterocycles. The maximum absolute atomic E-state index is 12.0. The van der Waals surface area contributed by atoms with Crippen LogP contribution in [-0.2, 0) is 13.0 Å². The van der Waals surface area contributed by atoms with Crippen molar-refractivity contribution in [2.75, 3.05) is 19.6 Å². The van der Waals surface area contributed by atoms with E-state index in [1.807, 2.05) is 55.1 Å². The van der Waals surface area contributed by atoms with E-state index in [0.29, 0.717) is 18.7 Å². The van der Waals surface area contributed by atoms with Crippen molar-refractivity contribution in [3.63, 3.8) is 0 Å². The van der Waals surface area contributed by atoms with Crippen molar-refractivity contribution in [1.82, 2.24) is 25.7 Å². The standard InChI is InChI=1S/C24H30N6O.HI/c1-3-25-23(31)21-8-5-7-20(17-21)18-28-24(26-4-2)27-15-13-19-9-11-22(12-10-19)30-16-6-14-29-30;/h5-12,14,16-17H,3-4,13,15,18H2,1-2H3,(H,25,31)(H2,26,27,28);1H. The molecular weight excluding hydrogens is 515 g/mol. The van der Waals surface area contributed by atoms with Gasteiger partial charge < -0.3 is 16.0 Å². The van der Waals surface area contributed by atoms with Gasteiger partial charge in [0, 0.05) is 37.6 Å². The molecule has 0 radical (unpaired) electrons. The molecule has 7 nitrogen and oxygen atoms in total. The summed E-state index contributed by atoms with van der Waals surface area (Å²) < 4.78 is 1.85. The molecule has 1 aromatic heterocycles. The Bertz CT molecular complexity index is 986. The van der Waals surface area contributed by atoms with Crippen molar-refractivity contribution in [3.05, 3.63) is 83.7 Å². The highest BCUT2D eigenvalue weighted by Crippen LogP contribution is 2.09. The number of aromatic nitrogens is 2. The van der Waals surface area contributed by atoms with Gasteiger partial charge in [0.1, 0.15) is 0 Å². The van der Waals surface area contributed by atoms with Crippen molar-refractivity contribution in [2.45, 2.75) is 26.8 Å². The fraction of sp³-hybridized carbons (Fsp3) is 0.292. The molecule has 0 fully saturated rings. The Morgan fingerprint density at radius 2 is 1.75 bits per heavy atom. The molecule has 0 atom stereocenters. The van der Waals surface area contributed by atoms with E-state index in [0.717, 1.165) is 36.7 Å². The molecule has 3 aromatic rings. The normalized spacial score (nSPS) is 10.9. The van der Waals surface area contributed by atoms with E-state index in [1.54, 1.807) is 6.20 Å². The third-order valence-corrected chi connectivity index (χ3v) is 4.70. The Morgan fingerprint density at radius 1 is 0.969 bits per heavy atom. The third kappa shape index (κ3) is 7.67. The molecular formula is C24H31IN6O. The number of carbonyl (C=O) groups excluding carboxylic acids is 1. The molecule has 0 saturated carbocycles. The number of halogens is 1. The van der Waals surface area contributed by atoms with E-state index < -0.39 is 0 Å². The molecule has 32 heavy (non-hydrogen) atoms. The first-order valence-electron chi connectivity index (χ1n) is 10.7. The summed E-state index contributed by atoms with van der Waals surface area (Å²) in [5.41, 5.74) is 3.95. The lowest BCUT2D eigenvalue weighted by Gasteiger charge is -2.12. The zero-order valence-corrected chi connectivity index (χ0v) is 20.9. The number of benzene rings is 2. The van der Waals surface area contributed by atoms with Crippen LogP contribution < -0.4 is 16.0 Å². The number of carbonyl (C=O) groups is 1. The van der Waals surface area contributed by atoms with Crippen LogP contribution in [0.25, 0.3) is 5.69 Å². The Morgan fingerprint density at radius 3 is 2.44 bits per heavy atom. The smallest absolute Gasteiger partial charge is 0.251 e. The number of rotatable bonds is 9. The summed E-state index contributed by atoms with van der Waals surface area (Å²) in [5.74, 6) is 0.705. The van der Waals surface area contributed by atoms with Crippen LogP contribution in [0.15, 0.2) is 72.0 Å². The largest absolute Gasteiger partial charge is 0.357 e. The van der Waals surface area contributed by atoms with Crippen molar-refractivity contribution in [2.24, 2.45) is 4.99 Å². The minimum Gasteiger partial charge on any atom is -0.357 e. The van der Waals surface area contributed by atoms with Crippen LogP contribution >= 0.6 is 24.0 Å². The zero-order valence-electron chi connectivity index (χ0n) is 18.5. The van der Waals surface area contributed by atoms with E-state index in [4.69, 9.17) is 0 Å². The molecule has 170 valence electrons. The minimum absolute atomic E-state index is 0. The lowest BCUT2D eigenvalue weighted by molar-refractivity contribution is 0.0955. The highest BCUT2D eigenvalue weighted by atomic mass is 127. The van der Waals surface area contributed by atoms with E-state index in [9.17, 15) is 4.79 Å². The topological polar surface area (TPSA) is 83.3 Å². The monoisotopic (exact) mass is 546 g/mol. The zero-order chi connectivity index (χ0) is 21.9. The van der Waals surface area contributed by atoms with Gasteiger partial charge in [0.2, 0.25) is 0 Å². The van der Waals surface area contributed by atoms with E-state index in [-0.39, 0.29) is 29.9 Å². The van der Waals surface area contributed by atoms with Gasteiger partial charge in [-0.3, -0.25) is 4.79 Å². The van der Waals surface area contributed by atoms with Gasteiger partial charge >= 0.3 is 0 Å². The van der Waals surface area contributed by atoms with Gasteiger partial charge in [0.05, 0.1) is 12.2 Å². The predicted octanol–water partition coefficient (Wildman–Crippen LogP) is 3.54. The molecule has 1 heterocycles. The lowest BCUT2D eigenvalue weighted by atomic mass is 10.1. The molecule has 0 aliphatic carbocycles. The average Bonchev–Trinajstić information content (AvgIpc) is 3.33. The Balaban J connectivity index is 0.00000363. The number of hydrogen-bond acceptors (Lipinski definition) is 3. The fourth-order valence-electron chi connectivity index (χ4n) is 3.15. The number of amides is 1. The van der Waals surface area contributed by atoms with E-state index >= 15 is 0 Å². The molecule has 8 heteroatoms. The van der Waals surface area contributed by atoms with Gasteiger partial charge in [-0.2, -0.15) is 5.10 Å². The van der Waals surface area contributed by atoms with Crippen LogP contribution in [0.2, 0.25) is 0 Å². The quantitative estimate of drug-likeness (QED) is 0.218. The van der Waals surface area contributed by atoms with Gasteiger partial charge in [-0.05, 0) is 61.7 Å². The second-order valence-corrected chi connectivity index (χ2v) is 7.05. The number of nitrogens with one attached hydrogen (secondary N) is 3. The van der Waals surface area contributed by atoms with Crippen LogP contribution in [0, 0.1) is 0 Å². The first kappa shape index (κ1) is 25.4. The SMILES string of the molecule is CCNC(=O)c1cccc(CN=C(NCC)NCCc2ccc(-n3cccn3)cc2)c1.I. The summed E-state index contributed by atoms with van der Waals surface area (Å²) in [6.45, 7) is 6.62. The molecule has 3 N–H and O–H groups in total. The summed E-state index contributed by atoms with van der Waals surface area (Å²) >= 11 is 0. The van der Waals surface area contributed by atoms with Crippen molar-refractivity contribution in [3.8, 4) is 5.69 Å². The maximum Gasteiger partial charge on any atom is 0.251 e. The molecule has 2 aromatic carbocycles. The highest BCUT2D eigenvalue weighted by Gasteiger charge is 2.05. The summed E-state index contributed by atoms with van der Waals surface area (Å²) in [4.78, 5) is 16.7. The van der Waals surface area contributed by atoms with Crippen molar-refractivity contribution in [1.29, 1.82) is 0 Å². The Hall–Kier alpha value is -2.88. The average molecular weight is 546 g/mol. The van der Waals surface area contributed by atoms with Gasteiger partial charge in [0.15, 0.2) is 5.96 Å². The van der Waals surface area contributed by atoms with Crippen LogP contribution in [0.1, 0.15) is 35.3 Å². The highest BCUT2D eigenvalue weighted by molar-refractivity contribution is 14.0. The molecule has 3 rings (SSSR count). The Kier molecular flexibility index (Phi) is 10.7. The molecule has 0 unspecified atom stereocenters. The third-order valence-electron chi connectivity index (χ3n) is 4.70. The fourth-order valence-corrected chi connectivity index (χ4v) is 3.15. The first-order chi connectivity index (χ1) is 15.2. The number of nitrogens with zero attached hydrogens (tertiary/aromatic N) is 3. The summed E-state index contributed by atoms with van der Waals surface area (Å²) in [5, 5.41) is 13.7. The van der Waals surface area contributed by atoms with Gasteiger partial charge in [-0.15, -0.1) is 24.0 Å². The van der Waals surface area contributed by atoms with E-state index in [2.05, 4.69) is 50.3 Å². The summed E-state index contributed by atoms with van der Waals surface area (Å²) in [6.07, 6.45) is 4.59. The molecule has 0 aliphatic heterocycles. The maximum atomic E-state index is 12.0. The minimum atomic E-state index is -0.0584. The number of hydrogen-bond donors (Lipinski definition) is 3. The van der Waals surface area contributed by atoms with Crippen molar-refractivity contribution >= 4 is 35.8 Å². The molecule has 0 aliphatic rings. The van der Waals surface area contributed by atoms with Crippen molar-refractivity contribution < 1.29 is 4.79 Å². The van der Waals surface area contributed by atoms with Gasteiger partial charge in [-0.1, -0.05) is 24.3 Å². The second-order valence-electron chi connectivity index (χ2n) is 7.05. The van der Waals surface area contributed by atoms with Gasteiger partial charge in [0.25, 0.3) is 5.91 Å². The van der Waals surface area contributed by atoms with Crippen LogP contribution in [0.4, 0.5) is 0 Å². The molecule has 0 bridgehead atoms. The van der Waals surface area contributed by atoms with Crippen LogP contribution in [-0.4, -0.2) is 41.3 Å². The second kappa shape index (κ2) is 13.5. The molecule has 0 spiro atoms. The van der Waals surface area contributed by atoms with Crippen LogP contribution in [0.5, 0.6) is 0 Å². The number of aliphatic imine (C=N–C) groups is 1. The summed E-state index contributed by atoms with van der Waals surface area (Å²) in [6, 6.07) is 17.9. The van der Waals surface area contributed by atoms with E-state index in [1.165, 1.54) is 5.56 Å². The van der Waals surface area contributed by atoms with Gasteiger partial charge in [-0.25, -0.2) is 9.67 Å². The summed E-state index contributed by atoms with van der Waals surface area (Å²) in [7, 11) is 0. The lowest BCUT2D eigenvalue weighted by Crippen LogP contribution is -2.38. The van der Waals surface area contributed by atoms with Crippen LogP contribution in [0.3, 0.4) is 0 Å².